The van der Waals surface area contributed by atoms with Gasteiger partial charge in [0.1, 0.15) is 5.01 Å². The molecule has 1 amide bonds. The highest BCUT2D eigenvalue weighted by molar-refractivity contribution is 7.11. The first-order valence-corrected chi connectivity index (χ1v) is 9.43. The molecule has 1 aromatic rings. The molecule has 1 saturated heterocycles. The fraction of sp³-hybridized carbons (Fsp3) is 0.765. The Morgan fingerprint density at radius 1 is 1.29 bits per heavy atom. The van der Waals surface area contributed by atoms with Gasteiger partial charge >= 0.3 is 0 Å². The zero-order chi connectivity index (χ0) is 15.2. The number of nitrogens with one attached hydrogen (secondary N) is 1. The summed E-state index contributed by atoms with van der Waals surface area (Å²) >= 11 is 1.83. The number of hydrogen-bond acceptors (Lipinski definition) is 4. The number of aromatic nitrogens is 1. The number of amides is 1. The summed E-state index contributed by atoms with van der Waals surface area (Å²) in [5, 5.41) is 4.53. The van der Waals surface area contributed by atoms with E-state index in [4.69, 9.17) is 4.98 Å². The molecule has 4 nitrogen and oxygen atoms in total. The Kier molecular flexibility index (Phi) is 6.57. The zero-order valence-electron chi connectivity index (χ0n) is 14.2. The van der Waals surface area contributed by atoms with Crippen LogP contribution < -0.4 is 5.32 Å². The predicted octanol–water partition coefficient (Wildman–Crippen LogP) is 3.21. The molecule has 4 rings (SSSR count). The van der Waals surface area contributed by atoms with Gasteiger partial charge in [0.25, 0.3) is 0 Å². The smallest absolute Gasteiger partial charge is 0.226 e. The van der Waals surface area contributed by atoms with Crippen LogP contribution in [0.4, 0.5) is 0 Å². The number of rotatable bonds is 3. The highest BCUT2D eigenvalue weighted by Crippen LogP contribution is 2.59. The number of carbonyl (C=O) groups is 1. The maximum Gasteiger partial charge on any atom is 0.226 e. The van der Waals surface area contributed by atoms with Crippen molar-refractivity contribution >= 4 is 42.1 Å². The average Bonchev–Trinajstić information content (AvgIpc) is 3.05. The van der Waals surface area contributed by atoms with Crippen LogP contribution >= 0.6 is 36.2 Å². The van der Waals surface area contributed by atoms with E-state index in [0.29, 0.717) is 17.9 Å². The summed E-state index contributed by atoms with van der Waals surface area (Å²) in [6.07, 6.45) is 8.31. The number of aryl methyl sites for hydroxylation is 2. The van der Waals surface area contributed by atoms with Gasteiger partial charge in [-0.2, -0.15) is 0 Å². The molecular weight excluding hydrogens is 365 g/mol. The van der Waals surface area contributed by atoms with E-state index in [-0.39, 0.29) is 30.7 Å². The largest absolute Gasteiger partial charge is 0.339 e. The third-order valence-corrected chi connectivity index (χ3v) is 6.87. The molecule has 24 heavy (non-hydrogen) atoms. The summed E-state index contributed by atoms with van der Waals surface area (Å²) < 4.78 is 0. The Morgan fingerprint density at radius 2 is 2.00 bits per heavy atom. The second kappa shape index (κ2) is 7.90. The lowest BCUT2D eigenvalue weighted by Crippen LogP contribution is -2.34. The highest BCUT2D eigenvalue weighted by atomic mass is 35.5. The average molecular weight is 392 g/mol. The molecule has 1 atom stereocenters. The van der Waals surface area contributed by atoms with Crippen molar-refractivity contribution < 1.29 is 4.79 Å². The minimum atomic E-state index is 0. The number of hydrogen-bond donors (Lipinski definition) is 1. The van der Waals surface area contributed by atoms with Crippen molar-refractivity contribution in [3.63, 3.8) is 0 Å². The van der Waals surface area contributed by atoms with E-state index < -0.39 is 0 Å². The summed E-state index contributed by atoms with van der Waals surface area (Å²) in [4.78, 5) is 20.9. The zero-order valence-corrected chi connectivity index (χ0v) is 16.6. The summed E-state index contributed by atoms with van der Waals surface area (Å²) in [5.41, 5.74) is 1.63. The van der Waals surface area contributed by atoms with Gasteiger partial charge in [-0.3, -0.25) is 4.79 Å². The molecule has 1 aliphatic heterocycles. The number of nitrogens with zero attached hydrogens (tertiary/aromatic N) is 2. The Labute approximate surface area is 160 Å². The van der Waals surface area contributed by atoms with E-state index in [9.17, 15) is 4.79 Å². The van der Waals surface area contributed by atoms with Crippen molar-refractivity contribution in [2.24, 2.45) is 11.3 Å². The van der Waals surface area contributed by atoms with Crippen LogP contribution in [0.5, 0.6) is 0 Å². The van der Waals surface area contributed by atoms with Crippen molar-refractivity contribution in [2.75, 3.05) is 20.1 Å². The van der Waals surface area contributed by atoms with E-state index in [1.165, 1.54) is 42.7 Å². The van der Waals surface area contributed by atoms with Gasteiger partial charge in [0.15, 0.2) is 0 Å². The predicted molar refractivity (Wildman–Crippen MR) is 102 cm³/mol. The van der Waals surface area contributed by atoms with E-state index in [1.54, 1.807) is 0 Å². The van der Waals surface area contributed by atoms with Gasteiger partial charge in [0.2, 0.25) is 5.91 Å². The first kappa shape index (κ1) is 20.0. The first-order chi connectivity index (χ1) is 10.7. The minimum absolute atomic E-state index is 0. The molecule has 0 radical (unpaired) electrons. The fourth-order valence-corrected chi connectivity index (χ4v) is 5.40. The van der Waals surface area contributed by atoms with Crippen molar-refractivity contribution in [1.82, 2.24) is 15.2 Å². The van der Waals surface area contributed by atoms with E-state index in [1.807, 2.05) is 23.3 Å². The standard InChI is InChI=1S/C17H25N3OS.2ClH/c1-20(11-15-19-13-4-2-3-5-14(13)22-15)16(21)12-10-17(12)6-8-18-9-7-17;;/h12,18H,2-11H2,1H3;2*1H. The van der Waals surface area contributed by atoms with Crippen molar-refractivity contribution in [2.45, 2.75) is 51.5 Å². The van der Waals surface area contributed by atoms with Crippen LogP contribution in [0.25, 0.3) is 0 Å². The molecule has 2 heterocycles. The number of carbonyl (C=O) groups excluding carboxylic acids is 1. The fourth-order valence-electron chi connectivity index (χ4n) is 4.19. The van der Waals surface area contributed by atoms with Crippen LogP contribution in [-0.2, 0) is 24.2 Å². The molecular formula is C17H27Cl2N3OS. The van der Waals surface area contributed by atoms with Crippen LogP contribution in [-0.4, -0.2) is 35.9 Å². The molecule has 2 aliphatic carbocycles. The van der Waals surface area contributed by atoms with Gasteiger partial charge in [0, 0.05) is 17.8 Å². The third kappa shape index (κ3) is 3.74. The van der Waals surface area contributed by atoms with Crippen molar-refractivity contribution in [3.05, 3.63) is 15.6 Å². The first-order valence-electron chi connectivity index (χ1n) is 8.61. The van der Waals surface area contributed by atoms with Crippen LogP contribution in [0.3, 0.4) is 0 Å². The van der Waals surface area contributed by atoms with Gasteiger partial charge in [-0.1, -0.05) is 0 Å². The Bertz CT molecular complexity index is 563. The molecule has 2 fully saturated rings. The van der Waals surface area contributed by atoms with Crippen molar-refractivity contribution in [3.8, 4) is 0 Å². The molecule has 136 valence electrons. The molecule has 1 N–H and O–H groups in total. The van der Waals surface area contributed by atoms with Gasteiger partial charge in [-0.25, -0.2) is 4.98 Å². The van der Waals surface area contributed by atoms with Crippen LogP contribution in [0, 0.1) is 11.3 Å². The summed E-state index contributed by atoms with van der Waals surface area (Å²) in [6.45, 7) is 2.85. The SMILES string of the molecule is CN(Cc1nc2c(s1)CCCC2)C(=O)C1CC12CCNCC2.Cl.Cl. The number of fused-ring (bicyclic) bond motifs is 1. The van der Waals surface area contributed by atoms with Crippen LogP contribution in [0.1, 0.15) is 47.7 Å². The van der Waals surface area contributed by atoms with Crippen LogP contribution in [0.2, 0.25) is 0 Å². The molecule has 1 saturated carbocycles. The molecule has 3 aliphatic rings. The Morgan fingerprint density at radius 3 is 2.71 bits per heavy atom. The summed E-state index contributed by atoms with van der Waals surface area (Å²) in [5.74, 6) is 0.615. The molecule has 1 spiro atoms. The van der Waals surface area contributed by atoms with Crippen LogP contribution in [0.15, 0.2) is 0 Å². The lowest BCUT2D eigenvalue weighted by molar-refractivity contribution is -0.132. The number of halogens is 2. The summed E-state index contributed by atoms with van der Waals surface area (Å²) in [7, 11) is 1.95. The Balaban J connectivity index is 0.00000104. The van der Waals surface area contributed by atoms with E-state index in [0.717, 1.165) is 30.9 Å². The molecule has 1 aromatic heterocycles. The quantitative estimate of drug-likeness (QED) is 0.859. The molecule has 0 aromatic carbocycles. The second-order valence-electron chi connectivity index (χ2n) is 7.25. The molecule has 1 unspecified atom stereocenters. The number of thiazole rings is 1. The normalized spacial score (nSPS) is 23.6. The third-order valence-electron chi connectivity index (χ3n) is 5.73. The van der Waals surface area contributed by atoms with Gasteiger partial charge in [-0.05, 0) is 63.5 Å². The minimum Gasteiger partial charge on any atom is -0.339 e. The topological polar surface area (TPSA) is 45.2 Å². The van der Waals surface area contributed by atoms with Gasteiger partial charge in [-0.15, -0.1) is 36.2 Å². The lowest BCUT2D eigenvalue weighted by atomic mass is 9.91. The lowest BCUT2D eigenvalue weighted by Gasteiger charge is -2.24. The summed E-state index contributed by atoms with van der Waals surface area (Å²) in [6, 6.07) is 0. The number of piperidine rings is 1. The second-order valence-corrected chi connectivity index (χ2v) is 8.42. The Hall–Kier alpha value is -0.360. The van der Waals surface area contributed by atoms with E-state index >= 15 is 0 Å². The molecule has 7 heteroatoms. The van der Waals surface area contributed by atoms with Crippen molar-refractivity contribution in [1.29, 1.82) is 0 Å². The monoisotopic (exact) mass is 391 g/mol. The highest BCUT2D eigenvalue weighted by Gasteiger charge is 2.58. The molecule has 0 bridgehead atoms. The maximum atomic E-state index is 12.7. The maximum absolute atomic E-state index is 12.7. The van der Waals surface area contributed by atoms with Gasteiger partial charge in [0.05, 0.1) is 12.2 Å². The van der Waals surface area contributed by atoms with Gasteiger partial charge < -0.3 is 10.2 Å². The van der Waals surface area contributed by atoms with E-state index in [2.05, 4.69) is 5.32 Å².